The number of carbonyl (C=O) groups excluding carboxylic acids is 3. The molecule has 0 saturated carbocycles. The Morgan fingerprint density at radius 2 is 2.08 bits per heavy atom. The Kier molecular flexibility index (Phi) is 10.6. The van der Waals surface area contributed by atoms with Crippen LogP contribution in [0.2, 0.25) is 0 Å². The first-order valence-corrected chi connectivity index (χ1v) is 12.1. The fraction of sp³-hybridized carbons (Fsp3) is 0.409. The smallest absolute Gasteiger partial charge is 0.338 e. The van der Waals surface area contributed by atoms with Crippen molar-refractivity contribution in [3.8, 4) is 11.5 Å². The van der Waals surface area contributed by atoms with Gasteiger partial charge in [-0.25, -0.2) is 9.59 Å². The second kappa shape index (κ2) is 13.2. The summed E-state index contributed by atoms with van der Waals surface area (Å²) >= 11 is 5.50. The number of rotatable bonds is 12. The van der Waals surface area contributed by atoms with Crippen LogP contribution >= 0.6 is 24.4 Å². The number of hydrogen-bond donors (Lipinski definition) is 4. The van der Waals surface area contributed by atoms with Crippen LogP contribution in [0.5, 0.6) is 11.5 Å². The van der Waals surface area contributed by atoms with Gasteiger partial charge in [-0.05, 0) is 12.7 Å². The first kappa shape index (κ1) is 29.0. The van der Waals surface area contributed by atoms with Crippen LogP contribution in [0, 0.1) is 6.92 Å². The molecule has 36 heavy (non-hydrogen) atoms. The summed E-state index contributed by atoms with van der Waals surface area (Å²) in [7, 11) is 2.61. The number of benzene rings is 1. The largest absolute Gasteiger partial charge is 0.507 e. The number of esters is 2. The number of thiol groups is 1. The molecule has 1 heterocycles. The highest BCUT2D eigenvalue weighted by atomic mass is 32.2. The molecule has 0 aliphatic rings. The third-order valence-corrected chi connectivity index (χ3v) is 6.33. The number of nitrogens with zero attached hydrogens (tertiary/aromatic N) is 2. The molecule has 0 spiro atoms. The maximum absolute atomic E-state index is 13.0. The lowest BCUT2D eigenvalue weighted by molar-refractivity contribution is -0.144. The molecule has 0 aliphatic carbocycles. The van der Waals surface area contributed by atoms with Gasteiger partial charge in [0, 0.05) is 17.2 Å². The van der Waals surface area contributed by atoms with Gasteiger partial charge < -0.3 is 34.9 Å². The molecule has 1 amide bonds. The summed E-state index contributed by atoms with van der Waals surface area (Å²) in [6.45, 7) is 6.86. The number of phenols is 1. The molecular weight excluding hydrogens is 512 g/mol. The SMILES string of the molecule is C=CCOC(=O)C(N)c1noc(C(S)C(=O)NC(SCC)c2c(O)cc(OC)c(C)c2C(=O)OC)n1. The minimum Gasteiger partial charge on any atom is -0.507 e. The van der Waals surface area contributed by atoms with Crippen molar-refractivity contribution in [1.29, 1.82) is 0 Å². The van der Waals surface area contributed by atoms with Crippen LogP contribution in [0.1, 0.15) is 56.8 Å². The minimum absolute atomic E-state index is 0.0451. The topological polar surface area (TPSA) is 176 Å². The molecule has 0 aliphatic heterocycles. The summed E-state index contributed by atoms with van der Waals surface area (Å²) in [5, 5.41) is 15.0. The Labute approximate surface area is 217 Å². The number of hydrogen-bond acceptors (Lipinski definition) is 13. The number of aromatic nitrogens is 2. The molecule has 3 unspecified atom stereocenters. The molecule has 0 fully saturated rings. The molecule has 12 nitrogen and oxygen atoms in total. The number of thioether (sulfide) groups is 1. The molecular formula is C22H28N4O8S2. The van der Waals surface area contributed by atoms with E-state index < -0.39 is 34.5 Å². The van der Waals surface area contributed by atoms with Gasteiger partial charge in [-0.15, -0.1) is 11.8 Å². The van der Waals surface area contributed by atoms with Crippen molar-refractivity contribution >= 4 is 42.2 Å². The zero-order valence-electron chi connectivity index (χ0n) is 20.1. The summed E-state index contributed by atoms with van der Waals surface area (Å²) in [4.78, 5) is 41.5. The van der Waals surface area contributed by atoms with E-state index in [0.717, 1.165) is 0 Å². The average Bonchev–Trinajstić information content (AvgIpc) is 3.36. The van der Waals surface area contributed by atoms with E-state index in [0.29, 0.717) is 11.3 Å². The van der Waals surface area contributed by atoms with Gasteiger partial charge in [-0.2, -0.15) is 17.6 Å². The lowest BCUT2D eigenvalue weighted by Gasteiger charge is -2.24. The van der Waals surface area contributed by atoms with Crippen molar-refractivity contribution < 1.29 is 38.2 Å². The van der Waals surface area contributed by atoms with Gasteiger partial charge >= 0.3 is 11.9 Å². The minimum atomic E-state index is -1.34. The number of methoxy groups -OCH3 is 2. The maximum Gasteiger partial charge on any atom is 0.338 e. The molecule has 3 atom stereocenters. The molecule has 0 bridgehead atoms. The van der Waals surface area contributed by atoms with E-state index in [-0.39, 0.29) is 40.9 Å². The molecule has 0 radical (unpaired) electrons. The van der Waals surface area contributed by atoms with Crippen molar-refractivity contribution in [1.82, 2.24) is 15.5 Å². The zero-order chi connectivity index (χ0) is 27.0. The van der Waals surface area contributed by atoms with Crippen LogP contribution in [-0.2, 0) is 19.1 Å². The zero-order valence-corrected chi connectivity index (χ0v) is 21.9. The van der Waals surface area contributed by atoms with Gasteiger partial charge in [0.1, 0.15) is 23.5 Å². The average molecular weight is 541 g/mol. The van der Waals surface area contributed by atoms with Crippen LogP contribution < -0.4 is 15.8 Å². The van der Waals surface area contributed by atoms with E-state index in [1.807, 2.05) is 6.92 Å². The monoisotopic (exact) mass is 540 g/mol. The fourth-order valence-corrected chi connectivity index (χ4v) is 4.23. The third kappa shape index (κ3) is 6.50. The predicted molar refractivity (Wildman–Crippen MR) is 134 cm³/mol. The molecule has 2 aromatic rings. The highest BCUT2D eigenvalue weighted by Gasteiger charge is 2.33. The highest BCUT2D eigenvalue weighted by Crippen LogP contribution is 2.41. The lowest BCUT2D eigenvalue weighted by Crippen LogP contribution is -2.31. The second-order valence-corrected chi connectivity index (χ2v) is 9.04. The Morgan fingerprint density at radius 1 is 1.39 bits per heavy atom. The first-order chi connectivity index (χ1) is 17.1. The van der Waals surface area contributed by atoms with Crippen LogP contribution in [0.25, 0.3) is 0 Å². The van der Waals surface area contributed by atoms with Crippen molar-refractivity contribution in [3.63, 3.8) is 0 Å². The molecule has 1 aromatic heterocycles. The van der Waals surface area contributed by atoms with Crippen LogP contribution in [0.4, 0.5) is 0 Å². The number of ether oxygens (including phenoxy) is 3. The molecule has 196 valence electrons. The quantitative estimate of drug-likeness (QED) is 0.134. The van der Waals surface area contributed by atoms with E-state index in [9.17, 15) is 19.5 Å². The summed E-state index contributed by atoms with van der Waals surface area (Å²) in [6.07, 6.45) is 1.37. The van der Waals surface area contributed by atoms with E-state index in [2.05, 4.69) is 34.7 Å². The van der Waals surface area contributed by atoms with Gasteiger partial charge in [0.2, 0.25) is 11.8 Å². The normalized spacial score (nSPS) is 13.3. The summed E-state index contributed by atoms with van der Waals surface area (Å²) < 4.78 is 20.1. The van der Waals surface area contributed by atoms with E-state index in [1.165, 1.54) is 38.1 Å². The van der Waals surface area contributed by atoms with Crippen LogP contribution in [0.15, 0.2) is 23.2 Å². The Balaban J connectivity index is 2.34. The first-order valence-electron chi connectivity index (χ1n) is 10.6. The number of aromatic hydroxyl groups is 1. The molecule has 1 aromatic carbocycles. The van der Waals surface area contributed by atoms with E-state index >= 15 is 0 Å². The van der Waals surface area contributed by atoms with Crippen molar-refractivity contribution in [2.75, 3.05) is 26.6 Å². The second-order valence-electron chi connectivity index (χ2n) is 7.14. The number of phenolic OH excluding ortho intramolecular Hbond substituents is 1. The molecule has 2 rings (SSSR count). The fourth-order valence-electron chi connectivity index (χ4n) is 3.11. The summed E-state index contributed by atoms with van der Waals surface area (Å²) in [6, 6.07) is 0.0122. The van der Waals surface area contributed by atoms with E-state index in [1.54, 1.807) is 6.92 Å². The summed E-state index contributed by atoms with van der Waals surface area (Å²) in [5.41, 5.74) is 6.39. The van der Waals surface area contributed by atoms with E-state index in [4.69, 9.17) is 24.5 Å². The van der Waals surface area contributed by atoms with Gasteiger partial charge in [-0.3, -0.25) is 4.79 Å². The summed E-state index contributed by atoms with van der Waals surface area (Å²) in [5.74, 6) is -2.09. The lowest BCUT2D eigenvalue weighted by atomic mass is 9.99. The van der Waals surface area contributed by atoms with Crippen LogP contribution in [0.3, 0.4) is 0 Å². The number of amides is 1. The van der Waals surface area contributed by atoms with Crippen molar-refractivity contribution in [3.05, 3.63) is 47.1 Å². The van der Waals surface area contributed by atoms with Gasteiger partial charge in [0.25, 0.3) is 0 Å². The Hall–Kier alpha value is -3.23. The van der Waals surface area contributed by atoms with Crippen molar-refractivity contribution in [2.45, 2.75) is 30.5 Å². The van der Waals surface area contributed by atoms with Crippen LogP contribution in [-0.4, -0.2) is 59.7 Å². The highest BCUT2D eigenvalue weighted by molar-refractivity contribution is 7.99. The standard InChI is InChI=1S/C22H28N4O8S2/c1-6-8-33-22(30)15(23)17-24-19(34-26-17)16(35)18(28)25-20(36-7-2)14-11(27)9-12(31-4)10(3)13(14)21(29)32-5/h6,9,15-16,20,27,35H,1,7-8,23H2,2-5H3,(H,25,28). The molecule has 4 N–H and O–H groups in total. The number of nitrogens with one attached hydrogen (secondary N) is 1. The van der Waals surface area contributed by atoms with Gasteiger partial charge in [0.05, 0.1) is 19.8 Å². The van der Waals surface area contributed by atoms with Crippen molar-refractivity contribution in [2.24, 2.45) is 5.73 Å². The number of carbonyl (C=O) groups is 3. The Morgan fingerprint density at radius 3 is 2.67 bits per heavy atom. The van der Waals surface area contributed by atoms with Gasteiger partial charge in [0.15, 0.2) is 17.1 Å². The molecule has 0 saturated heterocycles. The predicted octanol–water partition coefficient (Wildman–Crippen LogP) is 2.15. The number of nitrogens with two attached hydrogens (primary N) is 1. The Bertz CT molecular complexity index is 1120. The molecule has 14 heteroatoms. The third-order valence-electron chi connectivity index (χ3n) is 4.85. The van der Waals surface area contributed by atoms with Gasteiger partial charge in [-0.1, -0.05) is 24.7 Å². The maximum atomic E-state index is 13.0.